The number of H-pyrrole nitrogens is 1. The number of benzene rings is 1. The fourth-order valence-corrected chi connectivity index (χ4v) is 3.20. The molecule has 25 heavy (non-hydrogen) atoms. The van der Waals surface area contributed by atoms with Crippen LogP contribution in [0.5, 0.6) is 0 Å². The first-order valence-corrected chi connectivity index (χ1v) is 8.74. The Balaban J connectivity index is 1.70. The molecule has 0 spiro atoms. The Morgan fingerprint density at radius 2 is 2.12 bits per heavy atom. The molecule has 0 aliphatic heterocycles. The smallest absolute Gasteiger partial charge is 0.222 e. The molecule has 0 saturated heterocycles. The second kappa shape index (κ2) is 6.31. The van der Waals surface area contributed by atoms with E-state index in [0.29, 0.717) is 12.3 Å². The molecule has 0 bridgehead atoms. The van der Waals surface area contributed by atoms with Gasteiger partial charge in [-0.15, -0.1) is 0 Å². The molecule has 1 aliphatic carbocycles. The summed E-state index contributed by atoms with van der Waals surface area (Å²) < 4.78 is 0. The number of pyridine rings is 1. The second-order valence-corrected chi connectivity index (χ2v) is 6.98. The molecule has 0 unspecified atom stereocenters. The van der Waals surface area contributed by atoms with Gasteiger partial charge in [0.1, 0.15) is 0 Å². The number of fused-ring (bicyclic) bond motifs is 1. The third kappa shape index (κ3) is 3.27. The van der Waals surface area contributed by atoms with Gasteiger partial charge in [0.05, 0.1) is 29.4 Å². The molecule has 1 saturated carbocycles. The van der Waals surface area contributed by atoms with Crippen molar-refractivity contribution in [3.05, 3.63) is 47.9 Å². The molecule has 1 fully saturated rings. The first kappa shape index (κ1) is 15.8. The SMILES string of the molecule is CN(C)C(=O)CCc1ccc2nc(-c3cnc[nH]3)cc(C3CC3)c2c1. The van der Waals surface area contributed by atoms with Gasteiger partial charge in [-0.2, -0.15) is 0 Å². The standard InChI is InChI=1S/C20H22N4O/c1-24(2)20(25)8-4-13-3-7-17-16(9-13)15(14-5-6-14)10-18(23-17)19-11-21-12-22-19/h3,7,9-12,14H,4-6,8H2,1-2H3,(H,21,22). The molecule has 0 atom stereocenters. The van der Waals surface area contributed by atoms with Gasteiger partial charge in [0, 0.05) is 25.9 Å². The van der Waals surface area contributed by atoms with Crippen LogP contribution in [-0.2, 0) is 11.2 Å². The van der Waals surface area contributed by atoms with Gasteiger partial charge in [-0.3, -0.25) is 4.79 Å². The second-order valence-electron chi connectivity index (χ2n) is 6.98. The molecule has 1 N–H and O–H groups in total. The molecule has 1 amide bonds. The molecule has 0 radical (unpaired) electrons. The molecule has 128 valence electrons. The van der Waals surface area contributed by atoms with Crippen LogP contribution >= 0.6 is 0 Å². The van der Waals surface area contributed by atoms with Crippen molar-refractivity contribution in [2.45, 2.75) is 31.6 Å². The largest absolute Gasteiger partial charge is 0.349 e. The van der Waals surface area contributed by atoms with Crippen LogP contribution in [-0.4, -0.2) is 39.9 Å². The summed E-state index contributed by atoms with van der Waals surface area (Å²) in [6, 6.07) is 8.58. The fraction of sp³-hybridized carbons (Fsp3) is 0.350. The predicted molar refractivity (Wildman–Crippen MR) is 98.3 cm³/mol. The topological polar surface area (TPSA) is 61.9 Å². The van der Waals surface area contributed by atoms with E-state index in [1.807, 2.05) is 6.20 Å². The van der Waals surface area contributed by atoms with Crippen molar-refractivity contribution in [3.8, 4) is 11.4 Å². The predicted octanol–water partition coefficient (Wildman–Crippen LogP) is 3.52. The molecular weight excluding hydrogens is 312 g/mol. The number of hydrogen-bond acceptors (Lipinski definition) is 3. The van der Waals surface area contributed by atoms with Gasteiger partial charge >= 0.3 is 0 Å². The third-order valence-corrected chi connectivity index (χ3v) is 4.82. The van der Waals surface area contributed by atoms with E-state index in [9.17, 15) is 4.79 Å². The van der Waals surface area contributed by atoms with E-state index in [4.69, 9.17) is 4.98 Å². The van der Waals surface area contributed by atoms with Crippen molar-refractivity contribution in [1.29, 1.82) is 0 Å². The van der Waals surface area contributed by atoms with Crippen LogP contribution in [0.25, 0.3) is 22.3 Å². The Morgan fingerprint density at radius 1 is 1.28 bits per heavy atom. The summed E-state index contributed by atoms with van der Waals surface area (Å²) in [6.45, 7) is 0. The third-order valence-electron chi connectivity index (χ3n) is 4.82. The van der Waals surface area contributed by atoms with E-state index < -0.39 is 0 Å². The van der Waals surface area contributed by atoms with E-state index in [2.05, 4.69) is 34.2 Å². The van der Waals surface area contributed by atoms with Crippen LogP contribution in [0.1, 0.15) is 36.3 Å². The highest BCUT2D eigenvalue weighted by Crippen LogP contribution is 2.44. The number of amides is 1. The quantitative estimate of drug-likeness (QED) is 0.776. The zero-order valence-electron chi connectivity index (χ0n) is 14.6. The van der Waals surface area contributed by atoms with E-state index >= 15 is 0 Å². The van der Waals surface area contributed by atoms with Crippen molar-refractivity contribution in [1.82, 2.24) is 19.9 Å². The maximum atomic E-state index is 11.8. The van der Waals surface area contributed by atoms with Crippen LogP contribution in [0.15, 0.2) is 36.8 Å². The van der Waals surface area contributed by atoms with Gasteiger partial charge in [0.2, 0.25) is 5.91 Å². The first-order chi connectivity index (χ1) is 12.1. The molecule has 5 heteroatoms. The van der Waals surface area contributed by atoms with Crippen LogP contribution < -0.4 is 0 Å². The molecule has 4 rings (SSSR count). The monoisotopic (exact) mass is 334 g/mol. The van der Waals surface area contributed by atoms with Crippen LogP contribution in [0.4, 0.5) is 0 Å². The summed E-state index contributed by atoms with van der Waals surface area (Å²) in [5.74, 6) is 0.793. The number of hydrogen-bond donors (Lipinski definition) is 1. The maximum absolute atomic E-state index is 11.8. The number of nitrogens with zero attached hydrogens (tertiary/aromatic N) is 3. The van der Waals surface area contributed by atoms with Gasteiger partial charge in [0.15, 0.2) is 0 Å². The van der Waals surface area contributed by atoms with Gasteiger partial charge in [-0.1, -0.05) is 6.07 Å². The molecular formula is C20H22N4O. The Bertz CT molecular complexity index is 911. The van der Waals surface area contributed by atoms with Gasteiger partial charge in [-0.25, -0.2) is 9.97 Å². The van der Waals surface area contributed by atoms with Crippen molar-refractivity contribution in [2.75, 3.05) is 14.1 Å². The summed E-state index contributed by atoms with van der Waals surface area (Å²) in [4.78, 5) is 25.5. The van der Waals surface area contributed by atoms with Gasteiger partial charge in [0.25, 0.3) is 0 Å². The number of aromatic amines is 1. The van der Waals surface area contributed by atoms with Crippen molar-refractivity contribution in [2.24, 2.45) is 0 Å². The van der Waals surface area contributed by atoms with E-state index in [1.54, 1.807) is 25.3 Å². The number of aromatic nitrogens is 3. The van der Waals surface area contributed by atoms with Crippen molar-refractivity contribution >= 4 is 16.8 Å². The Kier molecular flexibility index (Phi) is 3.99. The molecule has 2 aromatic heterocycles. The lowest BCUT2D eigenvalue weighted by Gasteiger charge is -2.12. The maximum Gasteiger partial charge on any atom is 0.222 e. The molecule has 1 aliphatic rings. The van der Waals surface area contributed by atoms with Crippen LogP contribution in [0, 0.1) is 0 Å². The Labute approximate surface area is 147 Å². The highest BCUT2D eigenvalue weighted by atomic mass is 16.2. The Morgan fingerprint density at radius 3 is 2.80 bits per heavy atom. The number of aryl methyl sites for hydroxylation is 1. The average molecular weight is 334 g/mol. The lowest BCUT2D eigenvalue weighted by Crippen LogP contribution is -2.21. The summed E-state index contributed by atoms with van der Waals surface area (Å²) in [7, 11) is 3.60. The highest BCUT2D eigenvalue weighted by molar-refractivity contribution is 5.86. The summed E-state index contributed by atoms with van der Waals surface area (Å²) >= 11 is 0. The normalized spacial score (nSPS) is 14.0. The number of carbonyl (C=O) groups is 1. The van der Waals surface area contributed by atoms with Crippen molar-refractivity contribution in [3.63, 3.8) is 0 Å². The van der Waals surface area contributed by atoms with Crippen LogP contribution in [0.2, 0.25) is 0 Å². The summed E-state index contributed by atoms with van der Waals surface area (Å²) in [5.41, 5.74) is 5.47. The number of imidazole rings is 1. The van der Waals surface area contributed by atoms with Gasteiger partial charge < -0.3 is 9.88 Å². The number of rotatable bonds is 5. The minimum atomic E-state index is 0.162. The molecule has 2 heterocycles. The van der Waals surface area contributed by atoms with Gasteiger partial charge in [-0.05, 0) is 54.5 Å². The van der Waals surface area contributed by atoms with E-state index in [0.717, 1.165) is 23.3 Å². The fourth-order valence-electron chi connectivity index (χ4n) is 3.20. The lowest BCUT2D eigenvalue weighted by molar-refractivity contribution is -0.128. The molecule has 1 aromatic carbocycles. The summed E-state index contributed by atoms with van der Waals surface area (Å²) in [6.07, 6.45) is 7.28. The minimum Gasteiger partial charge on any atom is -0.349 e. The van der Waals surface area contributed by atoms with E-state index in [-0.39, 0.29) is 5.91 Å². The molecule has 5 nitrogen and oxygen atoms in total. The minimum absolute atomic E-state index is 0.162. The highest BCUT2D eigenvalue weighted by Gasteiger charge is 2.26. The number of carbonyl (C=O) groups excluding carboxylic acids is 1. The zero-order valence-corrected chi connectivity index (χ0v) is 14.6. The van der Waals surface area contributed by atoms with Crippen LogP contribution in [0.3, 0.4) is 0 Å². The van der Waals surface area contributed by atoms with Crippen molar-refractivity contribution < 1.29 is 4.79 Å². The Hall–Kier alpha value is -2.69. The first-order valence-electron chi connectivity index (χ1n) is 8.74. The average Bonchev–Trinajstić information content (AvgIpc) is 3.31. The number of nitrogens with one attached hydrogen (secondary N) is 1. The summed E-state index contributed by atoms with van der Waals surface area (Å²) in [5, 5.41) is 1.22. The lowest BCUT2D eigenvalue weighted by atomic mass is 9.99. The molecule has 3 aromatic rings. The zero-order chi connectivity index (χ0) is 17.4. The van der Waals surface area contributed by atoms with E-state index in [1.165, 1.54) is 29.4 Å².